The quantitative estimate of drug-likeness (QED) is 0.0281. The smallest absolute Gasteiger partial charge is 0.311 e. The Balaban J connectivity index is 2.61. The predicted octanol–water partition coefficient (Wildman–Crippen LogP) is 15.7. The molecule has 10 heteroatoms. The molecule has 0 aliphatic rings. The van der Waals surface area contributed by atoms with Gasteiger partial charge in [-0.05, 0) is 118 Å². The minimum atomic E-state index is -0.849. The molecule has 0 aliphatic carbocycles. The first-order valence-electron chi connectivity index (χ1n) is 27.7. The lowest BCUT2D eigenvalue weighted by molar-refractivity contribution is -0.192. The second-order valence-corrected chi connectivity index (χ2v) is 22.2. The molecule has 0 saturated heterocycles. The molecule has 0 saturated carbocycles. The second kappa shape index (κ2) is 31.4. The van der Waals surface area contributed by atoms with E-state index in [1.807, 2.05) is 70.2 Å². The van der Waals surface area contributed by atoms with Gasteiger partial charge in [0.1, 0.15) is 19.0 Å². The summed E-state index contributed by atoms with van der Waals surface area (Å²) in [6.07, 6.45) is 13.0. The van der Waals surface area contributed by atoms with Gasteiger partial charge < -0.3 is 23.7 Å². The molecule has 0 bridgehead atoms. The maximum absolute atomic E-state index is 15.4. The molecule has 402 valence electrons. The summed E-state index contributed by atoms with van der Waals surface area (Å²) in [7, 11) is 0. The Kier molecular flexibility index (Phi) is 27.8. The Morgan fingerprint density at radius 1 is 0.493 bits per heavy atom. The van der Waals surface area contributed by atoms with Crippen LogP contribution < -0.4 is 4.74 Å². The number of ether oxygens (including phenoxy) is 5. The fraction of sp³-hybridized carbons (Fsp3) is 0.721. The molecule has 0 heterocycles. The third-order valence-corrected chi connectivity index (χ3v) is 15.3. The summed E-state index contributed by atoms with van der Waals surface area (Å²) in [6.45, 7) is 28.8. The maximum Gasteiger partial charge on any atom is 0.311 e. The number of benzene rings is 2. The maximum atomic E-state index is 15.4. The van der Waals surface area contributed by atoms with E-state index in [9.17, 15) is 14.4 Å². The number of rotatable bonds is 36. The van der Waals surface area contributed by atoms with E-state index in [0.717, 1.165) is 94.6 Å². The van der Waals surface area contributed by atoms with Crippen LogP contribution in [0.4, 0.5) is 0 Å². The van der Waals surface area contributed by atoms with Gasteiger partial charge in [0.15, 0.2) is 0 Å². The van der Waals surface area contributed by atoms with Crippen molar-refractivity contribution in [2.45, 2.75) is 231 Å². The largest absolute Gasteiger partial charge is 0.463 e. The summed E-state index contributed by atoms with van der Waals surface area (Å²) in [5.41, 5.74) is -0.474. The molecule has 5 unspecified atom stereocenters. The van der Waals surface area contributed by atoms with Crippen LogP contribution in [0.25, 0.3) is 11.1 Å². The highest BCUT2D eigenvalue weighted by Gasteiger charge is 2.62. The molecule has 2 aromatic rings. The van der Waals surface area contributed by atoms with Gasteiger partial charge in [0, 0.05) is 0 Å². The summed E-state index contributed by atoms with van der Waals surface area (Å²) >= 11 is 0. The molecule has 2 aromatic carbocycles. The van der Waals surface area contributed by atoms with E-state index in [2.05, 4.69) is 69.2 Å². The lowest BCUT2D eigenvalue weighted by Crippen LogP contribution is -2.58. The molecule has 71 heavy (non-hydrogen) atoms. The van der Waals surface area contributed by atoms with E-state index >= 15 is 9.59 Å². The van der Waals surface area contributed by atoms with Gasteiger partial charge in [0.2, 0.25) is 0 Å². The number of hydrogen-bond donors (Lipinski definition) is 0. The van der Waals surface area contributed by atoms with Crippen molar-refractivity contribution in [3.05, 3.63) is 54.6 Å². The van der Waals surface area contributed by atoms with Gasteiger partial charge in [0.25, 0.3) is 0 Å². The highest BCUT2D eigenvalue weighted by Crippen LogP contribution is 2.64. The number of esters is 5. The molecule has 0 amide bonds. The second-order valence-electron chi connectivity index (χ2n) is 22.2. The summed E-state index contributed by atoms with van der Waals surface area (Å²) in [5, 5.41) is 0. The lowest BCUT2D eigenvalue weighted by Gasteiger charge is -2.58. The summed E-state index contributed by atoms with van der Waals surface area (Å²) in [5.74, 6) is -4.10. The number of carbonyl (C=O) groups is 5. The van der Waals surface area contributed by atoms with Gasteiger partial charge in [-0.1, -0.05) is 176 Å². The summed E-state index contributed by atoms with van der Waals surface area (Å²) < 4.78 is 29.7. The molecule has 0 radical (unpaired) electrons. The molecule has 0 fully saturated rings. The lowest BCUT2D eigenvalue weighted by atomic mass is 9.45. The standard InChI is InChI=1S/C61H98O10/c1-15-21-25-29-39-58(11,12)50(55(64)68-43-42-67-51(62)36-37-52(63)71-49-34-32-48(33-35-49)47-30-27-26-28-31-47)44-60(19-5,40-23-17-3)61(20-6,41-24-18-4)54(57(66)70-46(9)10)53(56(65)69-45(7)8)59(13,14)38-22-16-2/h26-28,30-35,45-46,50,53-54H,15-25,29,36-44H2,1-14H3. The molecular formula is C61H98O10. The first-order valence-corrected chi connectivity index (χ1v) is 27.7. The van der Waals surface area contributed by atoms with Crippen molar-refractivity contribution in [1.29, 1.82) is 0 Å². The van der Waals surface area contributed by atoms with Crippen molar-refractivity contribution in [2.24, 2.45) is 39.4 Å². The third kappa shape index (κ3) is 19.3. The van der Waals surface area contributed by atoms with Gasteiger partial charge >= 0.3 is 29.8 Å². The van der Waals surface area contributed by atoms with Crippen molar-refractivity contribution in [3.8, 4) is 16.9 Å². The zero-order valence-electron chi connectivity index (χ0n) is 47.0. The van der Waals surface area contributed by atoms with Crippen LogP contribution in [0.3, 0.4) is 0 Å². The normalized spacial score (nSPS) is 15.0. The number of carbonyl (C=O) groups excluding carboxylic acids is 5. The summed E-state index contributed by atoms with van der Waals surface area (Å²) in [4.78, 5) is 71.0. The Bertz CT molecular complexity index is 1870. The Morgan fingerprint density at radius 3 is 1.55 bits per heavy atom. The molecule has 2 rings (SSSR count). The van der Waals surface area contributed by atoms with Gasteiger partial charge in [-0.3, -0.25) is 24.0 Å². The van der Waals surface area contributed by atoms with Crippen LogP contribution in [-0.4, -0.2) is 55.3 Å². The van der Waals surface area contributed by atoms with Crippen LogP contribution in [0.1, 0.15) is 219 Å². The zero-order valence-corrected chi connectivity index (χ0v) is 47.0. The number of hydrogen-bond acceptors (Lipinski definition) is 10. The first kappa shape index (κ1) is 62.9. The van der Waals surface area contributed by atoms with Crippen LogP contribution >= 0.6 is 0 Å². The first-order chi connectivity index (χ1) is 33.6. The minimum absolute atomic E-state index is 0.147. The molecule has 0 aromatic heterocycles. The van der Waals surface area contributed by atoms with Crippen molar-refractivity contribution in [3.63, 3.8) is 0 Å². The van der Waals surface area contributed by atoms with E-state index in [4.69, 9.17) is 23.7 Å². The predicted molar refractivity (Wildman–Crippen MR) is 287 cm³/mol. The fourth-order valence-electron chi connectivity index (χ4n) is 11.2. The van der Waals surface area contributed by atoms with Crippen molar-refractivity contribution < 1.29 is 47.7 Å². The Morgan fingerprint density at radius 2 is 1.00 bits per heavy atom. The van der Waals surface area contributed by atoms with Crippen LogP contribution in [0.5, 0.6) is 5.75 Å². The Hall–Kier alpha value is -4.21. The van der Waals surface area contributed by atoms with E-state index in [-0.39, 0.29) is 50.1 Å². The third-order valence-electron chi connectivity index (χ3n) is 15.3. The fourth-order valence-corrected chi connectivity index (χ4v) is 11.2. The van der Waals surface area contributed by atoms with E-state index in [1.54, 1.807) is 12.1 Å². The minimum Gasteiger partial charge on any atom is -0.463 e. The highest BCUT2D eigenvalue weighted by molar-refractivity contribution is 5.84. The van der Waals surface area contributed by atoms with Gasteiger partial charge in [-0.15, -0.1) is 0 Å². The molecular weight excluding hydrogens is 893 g/mol. The van der Waals surface area contributed by atoms with Gasteiger partial charge in [-0.25, -0.2) is 0 Å². The average molecular weight is 991 g/mol. The average Bonchev–Trinajstić information content (AvgIpc) is 3.33. The van der Waals surface area contributed by atoms with E-state index < -0.39 is 57.5 Å². The SMILES string of the molecule is CCCCCCC(C)(C)C(CC(CC)(CCCC)C(CC)(CCCC)C(C(=O)OC(C)C)C(C(=O)OC(C)C)C(C)(C)CCCC)C(=O)OCCOC(=O)CCC(=O)Oc1ccc(-c2ccccc2)cc1. The van der Waals surface area contributed by atoms with Gasteiger partial charge in [-0.2, -0.15) is 0 Å². The highest BCUT2D eigenvalue weighted by atomic mass is 16.6. The number of unbranched alkanes of at least 4 members (excludes halogenated alkanes) is 6. The van der Waals surface area contributed by atoms with E-state index in [0.29, 0.717) is 31.4 Å². The zero-order chi connectivity index (χ0) is 53.3. The Labute approximate surface area is 431 Å². The van der Waals surface area contributed by atoms with E-state index in [1.165, 1.54) is 0 Å². The molecule has 0 N–H and O–H groups in total. The van der Waals surface area contributed by atoms with Crippen LogP contribution in [0, 0.1) is 39.4 Å². The molecule has 10 nitrogen and oxygen atoms in total. The molecule has 5 atom stereocenters. The topological polar surface area (TPSA) is 132 Å². The van der Waals surface area contributed by atoms with Crippen molar-refractivity contribution in [2.75, 3.05) is 13.2 Å². The van der Waals surface area contributed by atoms with Crippen LogP contribution in [-0.2, 0) is 42.9 Å². The van der Waals surface area contributed by atoms with Crippen molar-refractivity contribution >= 4 is 29.8 Å². The van der Waals surface area contributed by atoms with Crippen LogP contribution in [0.2, 0.25) is 0 Å². The van der Waals surface area contributed by atoms with Crippen molar-refractivity contribution in [1.82, 2.24) is 0 Å². The van der Waals surface area contributed by atoms with Crippen LogP contribution in [0.15, 0.2) is 54.6 Å². The molecule has 0 aliphatic heterocycles. The monoisotopic (exact) mass is 991 g/mol. The van der Waals surface area contributed by atoms with Gasteiger partial charge in [0.05, 0.1) is 42.8 Å². The summed E-state index contributed by atoms with van der Waals surface area (Å²) in [6, 6.07) is 17.1. The molecule has 0 spiro atoms.